The van der Waals surface area contributed by atoms with E-state index >= 15 is 0 Å². The Labute approximate surface area is 136 Å². The number of nitrogens with one attached hydrogen (secondary N) is 1. The molecule has 0 aromatic heterocycles. The standard InChI is InChI=1S/C18H23NO4/c1-22-15-9-6-14(7-10-15)8-11-16(20)19-18(17(21)23-2)12-4-3-5-13-18/h6-11H,3-5,12-13H2,1-2H3,(H,19,20)/b11-8+. The molecule has 0 saturated heterocycles. The van der Waals surface area contributed by atoms with E-state index in [4.69, 9.17) is 9.47 Å². The lowest BCUT2D eigenvalue weighted by atomic mass is 9.81. The fourth-order valence-corrected chi connectivity index (χ4v) is 2.90. The minimum absolute atomic E-state index is 0.284. The van der Waals surface area contributed by atoms with Crippen molar-refractivity contribution in [3.8, 4) is 5.75 Å². The number of carbonyl (C=O) groups excluding carboxylic acids is 2. The molecule has 1 aliphatic rings. The summed E-state index contributed by atoms with van der Waals surface area (Å²) in [6.45, 7) is 0. The predicted octanol–water partition coefficient (Wildman–Crippen LogP) is 2.70. The lowest BCUT2D eigenvalue weighted by molar-refractivity contribution is -0.152. The van der Waals surface area contributed by atoms with Gasteiger partial charge in [0.25, 0.3) is 0 Å². The predicted molar refractivity (Wildman–Crippen MR) is 88.0 cm³/mol. The molecule has 0 heterocycles. The van der Waals surface area contributed by atoms with Gasteiger partial charge in [0, 0.05) is 6.08 Å². The minimum Gasteiger partial charge on any atom is -0.497 e. The van der Waals surface area contributed by atoms with Crippen LogP contribution in [0.25, 0.3) is 6.08 Å². The summed E-state index contributed by atoms with van der Waals surface area (Å²) >= 11 is 0. The molecule has 124 valence electrons. The van der Waals surface area contributed by atoms with Crippen LogP contribution in [0.1, 0.15) is 37.7 Å². The molecular weight excluding hydrogens is 294 g/mol. The third-order valence-electron chi connectivity index (χ3n) is 4.19. The summed E-state index contributed by atoms with van der Waals surface area (Å²) in [7, 11) is 2.97. The Bertz CT molecular complexity index is 571. The van der Waals surface area contributed by atoms with Gasteiger partial charge in [-0.25, -0.2) is 4.79 Å². The minimum atomic E-state index is -0.881. The van der Waals surface area contributed by atoms with Crippen LogP contribution in [-0.2, 0) is 14.3 Å². The van der Waals surface area contributed by atoms with Gasteiger partial charge in [-0.2, -0.15) is 0 Å². The van der Waals surface area contributed by atoms with Gasteiger partial charge in [-0.3, -0.25) is 4.79 Å². The highest BCUT2D eigenvalue weighted by atomic mass is 16.5. The Balaban J connectivity index is 2.03. The van der Waals surface area contributed by atoms with Crippen LogP contribution in [0, 0.1) is 0 Å². The van der Waals surface area contributed by atoms with Gasteiger partial charge in [-0.15, -0.1) is 0 Å². The first kappa shape index (κ1) is 17.1. The van der Waals surface area contributed by atoms with Crippen molar-refractivity contribution >= 4 is 18.0 Å². The summed E-state index contributed by atoms with van der Waals surface area (Å²) in [4.78, 5) is 24.3. The van der Waals surface area contributed by atoms with E-state index in [1.54, 1.807) is 13.2 Å². The maximum absolute atomic E-state index is 12.2. The normalized spacial score (nSPS) is 16.8. The lowest BCUT2D eigenvalue weighted by Crippen LogP contribution is -2.55. The molecule has 0 radical (unpaired) electrons. The van der Waals surface area contributed by atoms with Gasteiger partial charge < -0.3 is 14.8 Å². The number of methoxy groups -OCH3 is 2. The molecule has 1 aromatic rings. The van der Waals surface area contributed by atoms with Gasteiger partial charge in [0.2, 0.25) is 5.91 Å². The Kier molecular flexibility index (Phi) is 5.79. The Hall–Kier alpha value is -2.30. The maximum Gasteiger partial charge on any atom is 0.331 e. The van der Waals surface area contributed by atoms with Gasteiger partial charge in [0.1, 0.15) is 11.3 Å². The third kappa shape index (κ3) is 4.34. The van der Waals surface area contributed by atoms with E-state index < -0.39 is 5.54 Å². The molecule has 1 aliphatic carbocycles. The fraction of sp³-hybridized carbons (Fsp3) is 0.444. The number of benzene rings is 1. The van der Waals surface area contributed by atoms with Crippen LogP contribution in [0.15, 0.2) is 30.3 Å². The van der Waals surface area contributed by atoms with Gasteiger partial charge in [-0.1, -0.05) is 31.4 Å². The van der Waals surface area contributed by atoms with Crippen molar-refractivity contribution in [2.45, 2.75) is 37.6 Å². The molecule has 0 unspecified atom stereocenters. The number of amides is 1. The smallest absolute Gasteiger partial charge is 0.331 e. The number of hydrogen-bond donors (Lipinski definition) is 1. The topological polar surface area (TPSA) is 64.6 Å². The summed E-state index contributed by atoms with van der Waals surface area (Å²) in [5.74, 6) is 0.120. The second-order valence-corrected chi connectivity index (χ2v) is 5.73. The first-order valence-electron chi connectivity index (χ1n) is 7.82. The summed E-state index contributed by atoms with van der Waals surface area (Å²) in [6.07, 6.45) is 7.32. The molecule has 1 saturated carbocycles. The molecule has 0 aliphatic heterocycles. The number of esters is 1. The Morgan fingerprint density at radius 1 is 1.09 bits per heavy atom. The summed E-state index contributed by atoms with van der Waals surface area (Å²) in [6, 6.07) is 7.38. The molecule has 5 heteroatoms. The lowest BCUT2D eigenvalue weighted by Gasteiger charge is -2.34. The summed E-state index contributed by atoms with van der Waals surface area (Å²) in [5, 5.41) is 2.85. The molecule has 1 N–H and O–H groups in total. The van der Waals surface area contributed by atoms with Crippen LogP contribution >= 0.6 is 0 Å². The molecule has 23 heavy (non-hydrogen) atoms. The number of rotatable bonds is 5. The number of hydrogen-bond acceptors (Lipinski definition) is 4. The van der Waals surface area contributed by atoms with Crippen LogP contribution in [0.4, 0.5) is 0 Å². The molecule has 2 rings (SSSR count). The van der Waals surface area contributed by atoms with Crippen molar-refractivity contribution in [1.29, 1.82) is 0 Å². The van der Waals surface area contributed by atoms with Gasteiger partial charge in [0.15, 0.2) is 0 Å². The summed E-state index contributed by atoms with van der Waals surface area (Å²) < 4.78 is 9.98. The fourth-order valence-electron chi connectivity index (χ4n) is 2.90. The quantitative estimate of drug-likeness (QED) is 0.670. The SMILES string of the molecule is COC(=O)C1(NC(=O)/C=C/c2ccc(OC)cc2)CCCCC1. The highest BCUT2D eigenvalue weighted by molar-refractivity contribution is 5.96. The van der Waals surface area contributed by atoms with Gasteiger partial charge in [0.05, 0.1) is 14.2 Å². The Morgan fingerprint density at radius 2 is 1.74 bits per heavy atom. The van der Waals surface area contributed by atoms with Crippen molar-refractivity contribution < 1.29 is 19.1 Å². The maximum atomic E-state index is 12.2. The second-order valence-electron chi connectivity index (χ2n) is 5.73. The monoisotopic (exact) mass is 317 g/mol. The third-order valence-corrected chi connectivity index (χ3v) is 4.19. The zero-order valence-electron chi connectivity index (χ0n) is 13.6. The van der Waals surface area contributed by atoms with Crippen molar-refractivity contribution in [3.05, 3.63) is 35.9 Å². The average Bonchev–Trinajstić information content (AvgIpc) is 2.60. The van der Waals surface area contributed by atoms with Crippen LogP contribution in [0.5, 0.6) is 5.75 Å². The number of carbonyl (C=O) groups is 2. The van der Waals surface area contributed by atoms with Crippen LogP contribution in [-0.4, -0.2) is 31.6 Å². The molecule has 5 nitrogen and oxygen atoms in total. The Morgan fingerprint density at radius 3 is 2.30 bits per heavy atom. The molecule has 0 spiro atoms. The van der Waals surface area contributed by atoms with E-state index in [9.17, 15) is 9.59 Å². The van der Waals surface area contributed by atoms with Crippen LogP contribution < -0.4 is 10.1 Å². The van der Waals surface area contributed by atoms with Crippen molar-refractivity contribution in [1.82, 2.24) is 5.32 Å². The molecule has 0 atom stereocenters. The zero-order chi connectivity index (χ0) is 16.7. The van der Waals surface area contributed by atoms with E-state index in [0.29, 0.717) is 12.8 Å². The van der Waals surface area contributed by atoms with Crippen LogP contribution in [0.3, 0.4) is 0 Å². The van der Waals surface area contributed by atoms with E-state index in [2.05, 4.69) is 5.32 Å². The number of ether oxygens (including phenoxy) is 2. The van der Waals surface area contributed by atoms with Gasteiger partial charge in [-0.05, 0) is 36.6 Å². The van der Waals surface area contributed by atoms with E-state index in [-0.39, 0.29) is 11.9 Å². The van der Waals surface area contributed by atoms with E-state index in [1.807, 2.05) is 24.3 Å². The van der Waals surface area contributed by atoms with Crippen LogP contribution in [0.2, 0.25) is 0 Å². The van der Waals surface area contributed by atoms with Gasteiger partial charge >= 0.3 is 5.97 Å². The first-order valence-corrected chi connectivity index (χ1v) is 7.82. The molecule has 1 fully saturated rings. The molecule has 0 bridgehead atoms. The average molecular weight is 317 g/mol. The highest BCUT2D eigenvalue weighted by Gasteiger charge is 2.41. The first-order chi connectivity index (χ1) is 11.1. The molecular formula is C18H23NO4. The highest BCUT2D eigenvalue weighted by Crippen LogP contribution is 2.29. The molecule has 1 amide bonds. The largest absolute Gasteiger partial charge is 0.497 e. The second kappa shape index (κ2) is 7.81. The van der Waals surface area contributed by atoms with Crippen molar-refractivity contribution in [2.24, 2.45) is 0 Å². The van der Waals surface area contributed by atoms with E-state index in [0.717, 1.165) is 30.6 Å². The zero-order valence-corrected chi connectivity index (χ0v) is 13.6. The van der Waals surface area contributed by atoms with Crippen molar-refractivity contribution in [2.75, 3.05) is 14.2 Å². The van der Waals surface area contributed by atoms with Crippen molar-refractivity contribution in [3.63, 3.8) is 0 Å². The van der Waals surface area contributed by atoms with E-state index in [1.165, 1.54) is 13.2 Å². The summed E-state index contributed by atoms with van der Waals surface area (Å²) in [5.41, 5.74) is 0.00522. The molecule has 1 aromatic carbocycles.